The summed E-state index contributed by atoms with van der Waals surface area (Å²) >= 11 is 0. The Hall–Kier alpha value is -4.14. The molecule has 1 aromatic heterocycles. The zero-order chi connectivity index (χ0) is 27.7. The molecule has 3 aromatic rings. The maximum absolute atomic E-state index is 12.9. The number of methoxy groups -OCH3 is 2. The van der Waals surface area contributed by atoms with Gasteiger partial charge in [-0.25, -0.2) is 0 Å². The Morgan fingerprint density at radius 3 is 2.32 bits per heavy atom. The number of nitrogens with one attached hydrogen (secondary N) is 1. The highest BCUT2D eigenvalue weighted by molar-refractivity contribution is 6.09. The third-order valence-electron chi connectivity index (χ3n) is 6.29. The lowest BCUT2D eigenvalue weighted by Gasteiger charge is -2.15. The lowest BCUT2D eigenvalue weighted by atomic mass is 10.1. The molecule has 0 unspecified atom stereocenters. The molecular formula is C29H36N2O7. The van der Waals surface area contributed by atoms with Gasteiger partial charge in [0.05, 0.1) is 37.4 Å². The van der Waals surface area contributed by atoms with Gasteiger partial charge in [0, 0.05) is 13.1 Å². The molecule has 0 saturated heterocycles. The van der Waals surface area contributed by atoms with E-state index in [2.05, 4.69) is 12.2 Å². The summed E-state index contributed by atoms with van der Waals surface area (Å²) in [5, 5.41) is 24.2. The van der Waals surface area contributed by atoms with E-state index in [4.69, 9.17) is 14.2 Å². The Balaban J connectivity index is 1.82. The van der Waals surface area contributed by atoms with Crippen LogP contribution in [0.5, 0.6) is 28.7 Å². The van der Waals surface area contributed by atoms with Gasteiger partial charge < -0.3 is 34.3 Å². The van der Waals surface area contributed by atoms with Gasteiger partial charge >= 0.3 is 0 Å². The van der Waals surface area contributed by atoms with Gasteiger partial charge in [-0.2, -0.15) is 0 Å². The zero-order valence-electron chi connectivity index (χ0n) is 22.4. The minimum absolute atomic E-state index is 0.130. The van der Waals surface area contributed by atoms with E-state index in [0.717, 1.165) is 19.3 Å². The number of fused-ring (bicyclic) bond motifs is 1. The number of aromatic hydroxyl groups is 2. The molecule has 2 aromatic carbocycles. The summed E-state index contributed by atoms with van der Waals surface area (Å²) in [7, 11) is 4.43. The Kier molecular flexibility index (Phi) is 10.0. The second-order valence-electron chi connectivity index (χ2n) is 8.95. The van der Waals surface area contributed by atoms with E-state index in [1.807, 2.05) is 0 Å². The molecule has 38 heavy (non-hydrogen) atoms. The molecule has 1 amide bonds. The van der Waals surface area contributed by atoms with E-state index in [1.54, 1.807) is 37.4 Å². The number of anilines is 1. The largest absolute Gasteiger partial charge is 0.504 e. The van der Waals surface area contributed by atoms with Crippen LogP contribution in [0.2, 0.25) is 0 Å². The van der Waals surface area contributed by atoms with Crippen LogP contribution in [0, 0.1) is 0 Å². The molecule has 204 valence electrons. The lowest BCUT2D eigenvalue weighted by molar-refractivity contribution is -0.111. The van der Waals surface area contributed by atoms with Crippen LogP contribution in [0.15, 0.2) is 41.2 Å². The molecule has 0 spiro atoms. The third-order valence-corrected chi connectivity index (χ3v) is 6.29. The van der Waals surface area contributed by atoms with Crippen molar-refractivity contribution in [1.82, 2.24) is 4.57 Å². The number of ether oxygens (including phenoxy) is 3. The SMILES string of the molecule is CCCCCCCCOc1c(O)c2c(NC(=O)/C=C/c3cc(OC)c(O)c(OC)c3)cccc2n(C)c1=O. The molecule has 0 radical (unpaired) electrons. The number of rotatable bonds is 13. The summed E-state index contributed by atoms with van der Waals surface area (Å²) in [6.45, 7) is 2.48. The Morgan fingerprint density at radius 2 is 1.66 bits per heavy atom. The van der Waals surface area contributed by atoms with Gasteiger partial charge in [0.2, 0.25) is 17.4 Å². The molecule has 9 heteroatoms. The Bertz CT molecular complexity index is 1340. The van der Waals surface area contributed by atoms with Gasteiger partial charge in [-0.05, 0) is 42.3 Å². The number of amides is 1. The van der Waals surface area contributed by atoms with E-state index in [0.29, 0.717) is 28.8 Å². The number of benzene rings is 2. The van der Waals surface area contributed by atoms with Gasteiger partial charge in [-0.3, -0.25) is 9.59 Å². The van der Waals surface area contributed by atoms with Crippen molar-refractivity contribution in [3.63, 3.8) is 0 Å². The highest BCUT2D eigenvalue weighted by Crippen LogP contribution is 2.38. The molecule has 0 fully saturated rings. The van der Waals surface area contributed by atoms with Gasteiger partial charge in [-0.1, -0.05) is 45.1 Å². The maximum atomic E-state index is 12.9. The van der Waals surface area contributed by atoms with Crippen LogP contribution in [0.4, 0.5) is 5.69 Å². The number of hydrogen-bond donors (Lipinski definition) is 3. The van der Waals surface area contributed by atoms with E-state index >= 15 is 0 Å². The molecule has 0 saturated carbocycles. The molecule has 0 atom stereocenters. The van der Waals surface area contributed by atoms with Gasteiger partial charge in [0.1, 0.15) is 0 Å². The molecule has 3 rings (SSSR count). The molecule has 1 heterocycles. The predicted molar refractivity (Wildman–Crippen MR) is 149 cm³/mol. The maximum Gasteiger partial charge on any atom is 0.297 e. The smallest absolute Gasteiger partial charge is 0.297 e. The van der Waals surface area contributed by atoms with Crippen molar-refractivity contribution in [3.05, 3.63) is 52.3 Å². The summed E-state index contributed by atoms with van der Waals surface area (Å²) in [5.41, 5.74) is 0.907. The molecular weight excluding hydrogens is 488 g/mol. The topological polar surface area (TPSA) is 119 Å². The average Bonchev–Trinajstić information content (AvgIpc) is 2.92. The number of nitrogens with zero attached hydrogens (tertiary/aromatic N) is 1. The van der Waals surface area contributed by atoms with Crippen molar-refractivity contribution in [2.24, 2.45) is 7.05 Å². The Labute approximate surface area is 222 Å². The number of hydrogen-bond acceptors (Lipinski definition) is 7. The first-order chi connectivity index (χ1) is 18.3. The van der Waals surface area contributed by atoms with Gasteiger partial charge in [0.15, 0.2) is 17.2 Å². The summed E-state index contributed by atoms with van der Waals surface area (Å²) in [6.07, 6.45) is 9.26. The fraction of sp³-hybridized carbons (Fsp3) is 0.379. The van der Waals surface area contributed by atoms with Crippen LogP contribution in [-0.2, 0) is 11.8 Å². The van der Waals surface area contributed by atoms with E-state index in [1.165, 1.54) is 50.2 Å². The Morgan fingerprint density at radius 1 is 1.00 bits per heavy atom. The zero-order valence-corrected chi connectivity index (χ0v) is 22.4. The number of carbonyl (C=O) groups is 1. The number of unbranched alkanes of at least 4 members (excludes halogenated alkanes) is 5. The van der Waals surface area contributed by atoms with Gasteiger partial charge in [-0.15, -0.1) is 0 Å². The third kappa shape index (κ3) is 6.59. The van der Waals surface area contributed by atoms with Gasteiger partial charge in [0.25, 0.3) is 5.56 Å². The minimum atomic E-state index is -0.466. The number of pyridine rings is 1. The lowest BCUT2D eigenvalue weighted by Crippen LogP contribution is -2.21. The van der Waals surface area contributed by atoms with Crippen LogP contribution >= 0.6 is 0 Å². The van der Waals surface area contributed by atoms with Crippen molar-refractivity contribution in [2.75, 3.05) is 26.1 Å². The van der Waals surface area contributed by atoms with E-state index < -0.39 is 11.5 Å². The van der Waals surface area contributed by atoms with Crippen molar-refractivity contribution >= 4 is 28.6 Å². The standard InChI is InChI=1S/C29H36N2O7/c1-5-6-7-8-9-10-16-38-28-27(34)25-20(12-11-13-21(25)31(2)29(28)35)30-24(32)15-14-19-17-22(36-3)26(33)23(18-19)37-4/h11-15,17-18,33-34H,5-10,16H2,1-4H3,(H,30,32)/b15-14+. The molecule has 0 aliphatic carbocycles. The highest BCUT2D eigenvalue weighted by atomic mass is 16.5. The number of aryl methyl sites for hydroxylation is 1. The minimum Gasteiger partial charge on any atom is -0.504 e. The van der Waals surface area contributed by atoms with Crippen LogP contribution in [0.3, 0.4) is 0 Å². The normalized spacial score (nSPS) is 11.2. The van der Waals surface area contributed by atoms with E-state index in [9.17, 15) is 19.8 Å². The molecule has 0 aliphatic heterocycles. The monoisotopic (exact) mass is 524 g/mol. The van der Waals surface area contributed by atoms with Crippen molar-refractivity contribution in [1.29, 1.82) is 0 Å². The van der Waals surface area contributed by atoms with Crippen LogP contribution in [0.25, 0.3) is 17.0 Å². The fourth-order valence-corrected chi connectivity index (χ4v) is 4.19. The van der Waals surface area contributed by atoms with E-state index in [-0.39, 0.29) is 28.7 Å². The molecule has 3 N–H and O–H groups in total. The predicted octanol–water partition coefficient (Wildman–Crippen LogP) is 5.36. The summed E-state index contributed by atoms with van der Waals surface area (Å²) in [6, 6.07) is 8.15. The fourth-order valence-electron chi connectivity index (χ4n) is 4.19. The van der Waals surface area contributed by atoms with Crippen molar-refractivity contribution in [3.8, 4) is 28.7 Å². The second kappa shape index (κ2) is 13.4. The quantitative estimate of drug-likeness (QED) is 0.203. The summed E-state index contributed by atoms with van der Waals surface area (Å²) < 4.78 is 17.4. The number of carbonyl (C=O) groups excluding carboxylic acids is 1. The summed E-state index contributed by atoms with van der Waals surface area (Å²) in [4.78, 5) is 25.7. The number of aromatic nitrogens is 1. The van der Waals surface area contributed by atoms with Crippen LogP contribution in [0.1, 0.15) is 51.0 Å². The highest BCUT2D eigenvalue weighted by Gasteiger charge is 2.19. The van der Waals surface area contributed by atoms with Crippen molar-refractivity contribution in [2.45, 2.75) is 45.4 Å². The number of phenolic OH excluding ortho intramolecular Hbond substituents is 1. The van der Waals surface area contributed by atoms with Crippen LogP contribution in [-0.4, -0.2) is 41.5 Å². The number of phenols is 1. The molecule has 0 aliphatic rings. The molecule has 0 bridgehead atoms. The molecule has 9 nitrogen and oxygen atoms in total. The first-order valence-electron chi connectivity index (χ1n) is 12.7. The average molecular weight is 525 g/mol. The first kappa shape index (κ1) is 28.4. The summed E-state index contributed by atoms with van der Waals surface area (Å²) in [5.74, 6) is -0.624. The first-order valence-corrected chi connectivity index (χ1v) is 12.7. The second-order valence-corrected chi connectivity index (χ2v) is 8.95. The van der Waals surface area contributed by atoms with Crippen molar-refractivity contribution < 1.29 is 29.2 Å². The van der Waals surface area contributed by atoms with Crippen LogP contribution < -0.4 is 25.1 Å².